The van der Waals surface area contributed by atoms with Gasteiger partial charge in [0.05, 0.1) is 24.9 Å². The zero-order valence-corrected chi connectivity index (χ0v) is 14.2. The van der Waals surface area contributed by atoms with Crippen molar-refractivity contribution in [2.45, 2.75) is 6.42 Å². The summed E-state index contributed by atoms with van der Waals surface area (Å²) < 4.78 is 5.33. The molecule has 128 valence electrons. The number of carbonyl (C=O) groups is 1. The predicted octanol–water partition coefficient (Wildman–Crippen LogP) is 3.01. The summed E-state index contributed by atoms with van der Waals surface area (Å²) >= 11 is 0. The largest absolute Gasteiger partial charge is 0.496 e. The fraction of sp³-hybridized carbons (Fsp3) is 0.200. The molecule has 0 aliphatic carbocycles. The van der Waals surface area contributed by atoms with Crippen LogP contribution in [0.4, 0.5) is 5.69 Å². The lowest BCUT2D eigenvalue weighted by Gasteiger charge is -2.10. The molecule has 3 aromatic rings. The Morgan fingerprint density at radius 1 is 1.08 bits per heavy atom. The van der Waals surface area contributed by atoms with Crippen LogP contribution in [0.1, 0.15) is 5.56 Å². The first-order valence-electron chi connectivity index (χ1n) is 8.24. The zero-order valence-electron chi connectivity index (χ0n) is 14.2. The topological polar surface area (TPSA) is 63.2 Å². The Labute approximate surface area is 147 Å². The van der Waals surface area contributed by atoms with Crippen molar-refractivity contribution in [3.8, 4) is 5.75 Å². The summed E-state index contributed by atoms with van der Waals surface area (Å²) in [6.45, 7) is 0.944. The van der Waals surface area contributed by atoms with Crippen LogP contribution in [0.2, 0.25) is 0 Å². The first-order valence-corrected chi connectivity index (χ1v) is 8.24. The Morgan fingerprint density at radius 3 is 2.80 bits per heavy atom. The minimum atomic E-state index is -0.0850. The predicted molar refractivity (Wildman–Crippen MR) is 99.9 cm³/mol. The summed E-state index contributed by atoms with van der Waals surface area (Å²) in [5.74, 6) is 0.786. The molecule has 1 amide bonds. The van der Waals surface area contributed by atoms with E-state index in [1.165, 1.54) is 0 Å². The van der Waals surface area contributed by atoms with Gasteiger partial charge in [0.1, 0.15) is 5.75 Å². The molecule has 5 nitrogen and oxygen atoms in total. The Hall–Kier alpha value is -2.92. The molecule has 0 radical (unpaired) electrons. The van der Waals surface area contributed by atoms with E-state index in [0.29, 0.717) is 6.54 Å². The minimum Gasteiger partial charge on any atom is -0.496 e. The molecule has 2 aromatic carbocycles. The smallest absolute Gasteiger partial charge is 0.238 e. The maximum Gasteiger partial charge on any atom is 0.238 e. The number of carbonyl (C=O) groups excluding carboxylic acids is 1. The molecule has 3 rings (SSSR count). The molecule has 2 N–H and O–H groups in total. The van der Waals surface area contributed by atoms with Crippen molar-refractivity contribution >= 4 is 22.5 Å². The summed E-state index contributed by atoms with van der Waals surface area (Å²) in [4.78, 5) is 16.5. The van der Waals surface area contributed by atoms with Gasteiger partial charge in [-0.3, -0.25) is 9.78 Å². The number of hydrogen-bond acceptors (Lipinski definition) is 4. The van der Waals surface area contributed by atoms with Crippen molar-refractivity contribution in [1.29, 1.82) is 0 Å². The van der Waals surface area contributed by atoms with E-state index in [4.69, 9.17) is 4.74 Å². The maximum atomic E-state index is 12.2. The van der Waals surface area contributed by atoms with Gasteiger partial charge in [0.25, 0.3) is 0 Å². The Balaban J connectivity index is 1.51. The Kier molecular flexibility index (Phi) is 5.59. The van der Waals surface area contributed by atoms with E-state index >= 15 is 0 Å². The average Bonchev–Trinajstić information content (AvgIpc) is 2.66. The van der Waals surface area contributed by atoms with Crippen molar-refractivity contribution in [3.63, 3.8) is 0 Å². The molecule has 0 aliphatic heterocycles. The third-order valence-electron chi connectivity index (χ3n) is 3.96. The van der Waals surface area contributed by atoms with Crippen LogP contribution in [-0.4, -0.2) is 31.1 Å². The molecule has 0 fully saturated rings. The summed E-state index contributed by atoms with van der Waals surface area (Å²) in [5.41, 5.74) is 2.65. The van der Waals surface area contributed by atoms with Gasteiger partial charge in [-0.1, -0.05) is 36.4 Å². The molecule has 1 aromatic heterocycles. The van der Waals surface area contributed by atoms with Crippen LogP contribution in [0.25, 0.3) is 10.9 Å². The second-order valence-corrected chi connectivity index (χ2v) is 5.67. The second-order valence-electron chi connectivity index (χ2n) is 5.67. The number of nitrogens with zero attached hydrogens (tertiary/aromatic N) is 1. The number of amides is 1. The monoisotopic (exact) mass is 335 g/mol. The molecule has 0 aliphatic rings. The third-order valence-corrected chi connectivity index (χ3v) is 3.96. The van der Waals surface area contributed by atoms with Gasteiger partial charge in [-0.05, 0) is 36.7 Å². The number of aromatic nitrogens is 1. The molecule has 0 unspecified atom stereocenters. The molecular weight excluding hydrogens is 314 g/mol. The number of ether oxygens (including phenoxy) is 1. The molecule has 1 heterocycles. The van der Waals surface area contributed by atoms with E-state index in [1.807, 2.05) is 54.6 Å². The normalized spacial score (nSPS) is 10.6. The SMILES string of the molecule is COc1ccccc1CCNCC(=O)Nc1cccc2cccnc12. The van der Waals surface area contributed by atoms with Crippen molar-refractivity contribution in [3.05, 3.63) is 66.4 Å². The molecule has 0 atom stereocenters. The second kappa shape index (κ2) is 8.26. The summed E-state index contributed by atoms with van der Waals surface area (Å²) in [5, 5.41) is 7.09. The molecule has 5 heteroatoms. The molecule has 25 heavy (non-hydrogen) atoms. The number of fused-ring (bicyclic) bond motifs is 1. The van der Waals surface area contributed by atoms with Gasteiger partial charge < -0.3 is 15.4 Å². The van der Waals surface area contributed by atoms with Gasteiger partial charge in [0.15, 0.2) is 0 Å². The van der Waals surface area contributed by atoms with E-state index in [9.17, 15) is 4.79 Å². The van der Waals surface area contributed by atoms with Crippen LogP contribution in [-0.2, 0) is 11.2 Å². The summed E-state index contributed by atoms with van der Waals surface area (Å²) in [6, 6.07) is 17.5. The average molecular weight is 335 g/mol. The summed E-state index contributed by atoms with van der Waals surface area (Å²) in [7, 11) is 1.66. The summed E-state index contributed by atoms with van der Waals surface area (Å²) in [6.07, 6.45) is 2.52. The highest BCUT2D eigenvalue weighted by molar-refractivity contribution is 6.00. The number of pyridine rings is 1. The molecule has 0 saturated heterocycles. The number of benzene rings is 2. The number of anilines is 1. The van der Waals surface area contributed by atoms with E-state index < -0.39 is 0 Å². The minimum absolute atomic E-state index is 0.0850. The van der Waals surface area contributed by atoms with Crippen LogP contribution >= 0.6 is 0 Å². The molecule has 0 spiro atoms. The number of rotatable bonds is 7. The van der Waals surface area contributed by atoms with Crippen molar-refractivity contribution < 1.29 is 9.53 Å². The highest BCUT2D eigenvalue weighted by atomic mass is 16.5. The van der Waals surface area contributed by atoms with Gasteiger partial charge >= 0.3 is 0 Å². The van der Waals surface area contributed by atoms with E-state index in [0.717, 1.165) is 34.3 Å². The standard InChI is InChI=1S/C20H21N3O2/c1-25-18-10-3-2-6-15(18)11-13-21-14-19(24)23-17-9-4-7-16-8-5-12-22-20(16)17/h2-10,12,21H,11,13-14H2,1H3,(H,23,24). The lowest BCUT2D eigenvalue weighted by molar-refractivity contribution is -0.115. The van der Waals surface area contributed by atoms with E-state index in [-0.39, 0.29) is 12.5 Å². The van der Waals surface area contributed by atoms with Gasteiger partial charge in [-0.15, -0.1) is 0 Å². The quantitative estimate of drug-likeness (QED) is 0.652. The number of para-hydroxylation sites is 2. The first kappa shape index (κ1) is 16.9. The van der Waals surface area contributed by atoms with Crippen LogP contribution < -0.4 is 15.4 Å². The molecule has 0 saturated carbocycles. The van der Waals surface area contributed by atoms with Crippen molar-refractivity contribution in [1.82, 2.24) is 10.3 Å². The van der Waals surface area contributed by atoms with E-state index in [1.54, 1.807) is 13.3 Å². The first-order chi connectivity index (χ1) is 12.3. The Bertz CT molecular complexity index is 859. The van der Waals surface area contributed by atoms with Gasteiger partial charge in [-0.25, -0.2) is 0 Å². The highest BCUT2D eigenvalue weighted by Gasteiger charge is 2.07. The molecule has 0 bridgehead atoms. The fourth-order valence-corrected chi connectivity index (χ4v) is 2.73. The van der Waals surface area contributed by atoms with Crippen LogP contribution in [0.5, 0.6) is 5.75 Å². The van der Waals surface area contributed by atoms with Gasteiger partial charge in [-0.2, -0.15) is 0 Å². The third kappa shape index (κ3) is 4.33. The number of hydrogen-bond donors (Lipinski definition) is 2. The zero-order chi connectivity index (χ0) is 17.5. The highest BCUT2D eigenvalue weighted by Crippen LogP contribution is 2.20. The fourth-order valence-electron chi connectivity index (χ4n) is 2.73. The van der Waals surface area contributed by atoms with Crippen molar-refractivity contribution in [2.75, 3.05) is 25.5 Å². The van der Waals surface area contributed by atoms with Gasteiger partial charge in [0.2, 0.25) is 5.91 Å². The van der Waals surface area contributed by atoms with Crippen molar-refractivity contribution in [2.24, 2.45) is 0 Å². The Morgan fingerprint density at radius 2 is 1.92 bits per heavy atom. The lowest BCUT2D eigenvalue weighted by atomic mass is 10.1. The lowest BCUT2D eigenvalue weighted by Crippen LogP contribution is -2.29. The van der Waals surface area contributed by atoms with Gasteiger partial charge in [0, 0.05) is 11.6 Å². The molecular formula is C20H21N3O2. The maximum absolute atomic E-state index is 12.2. The van der Waals surface area contributed by atoms with Crippen LogP contribution in [0.15, 0.2) is 60.8 Å². The number of nitrogens with one attached hydrogen (secondary N) is 2. The van der Waals surface area contributed by atoms with E-state index in [2.05, 4.69) is 15.6 Å². The number of methoxy groups -OCH3 is 1. The van der Waals surface area contributed by atoms with Crippen LogP contribution in [0.3, 0.4) is 0 Å². The van der Waals surface area contributed by atoms with Crippen LogP contribution in [0, 0.1) is 0 Å².